The molecule has 1 nitrogen and oxygen atoms in total. The van der Waals surface area contributed by atoms with E-state index in [2.05, 4.69) is 27.5 Å². The summed E-state index contributed by atoms with van der Waals surface area (Å²) in [6.45, 7) is 9.80. The van der Waals surface area contributed by atoms with Crippen LogP contribution in [0.2, 0.25) is 0 Å². The number of hydrogen-bond donors (Lipinski definition) is 0. The van der Waals surface area contributed by atoms with E-state index in [4.69, 9.17) is 0 Å². The summed E-state index contributed by atoms with van der Waals surface area (Å²) in [5.74, 6) is -0.391. The van der Waals surface area contributed by atoms with Crippen molar-refractivity contribution in [2.24, 2.45) is 4.99 Å². The molecule has 3 heteroatoms. The predicted octanol–water partition coefficient (Wildman–Crippen LogP) is 3.87. The smallest absolute Gasteiger partial charge is 0.138 e. The lowest BCUT2D eigenvalue weighted by Gasteiger charge is -1.87. The van der Waals surface area contributed by atoms with Gasteiger partial charge in [0.1, 0.15) is 5.83 Å². The van der Waals surface area contributed by atoms with E-state index in [1.807, 2.05) is 20.8 Å². The summed E-state index contributed by atoms with van der Waals surface area (Å²) in [6, 6.07) is 0. The lowest BCUT2D eigenvalue weighted by atomic mass is 10.5. The normalized spacial score (nSPS) is 11.8. The first kappa shape index (κ1) is 14.1. The molecule has 0 bridgehead atoms. The summed E-state index contributed by atoms with van der Waals surface area (Å²) in [5, 5.41) is 0. The molecule has 0 rings (SSSR count). The number of nitrogens with zero attached hydrogens (tertiary/aromatic N) is 1. The van der Waals surface area contributed by atoms with E-state index in [-0.39, 0.29) is 0 Å². The Bertz CT molecular complexity index is 173. The number of hydrogen-bond acceptors (Lipinski definition) is 1. The van der Waals surface area contributed by atoms with Gasteiger partial charge < -0.3 is 0 Å². The molecule has 0 saturated heterocycles. The zero-order valence-electron chi connectivity index (χ0n) is 7.77. The third-order valence-electron chi connectivity index (χ3n) is 0.795. The summed E-state index contributed by atoms with van der Waals surface area (Å²) in [7, 11) is 0. The Morgan fingerprint density at radius 1 is 1.58 bits per heavy atom. The number of aliphatic imine (C=N–C) groups is 1. The van der Waals surface area contributed by atoms with Crippen molar-refractivity contribution in [3.05, 3.63) is 23.0 Å². The van der Waals surface area contributed by atoms with E-state index >= 15 is 0 Å². The van der Waals surface area contributed by atoms with Crippen molar-refractivity contribution in [3.63, 3.8) is 0 Å². The van der Waals surface area contributed by atoms with Crippen LogP contribution in [0.25, 0.3) is 0 Å². The van der Waals surface area contributed by atoms with E-state index in [1.165, 1.54) is 6.21 Å². The summed E-state index contributed by atoms with van der Waals surface area (Å²) in [6.07, 6.45) is 2.56. The molecule has 0 aliphatic carbocycles. The predicted molar refractivity (Wildman–Crippen MR) is 57.6 cm³/mol. The van der Waals surface area contributed by atoms with Crippen LogP contribution in [0.5, 0.6) is 0 Å². The second kappa shape index (κ2) is 10.6. The fourth-order valence-electron chi connectivity index (χ4n) is 0.331. The van der Waals surface area contributed by atoms with Crippen molar-refractivity contribution in [3.8, 4) is 0 Å². The number of rotatable bonds is 3. The third-order valence-corrected chi connectivity index (χ3v) is 1.38. The van der Waals surface area contributed by atoms with Gasteiger partial charge in [0.2, 0.25) is 0 Å². The largest absolute Gasteiger partial charge is 0.292 e. The van der Waals surface area contributed by atoms with Crippen LogP contribution in [0.3, 0.4) is 0 Å². The van der Waals surface area contributed by atoms with Crippen LogP contribution in [-0.4, -0.2) is 12.8 Å². The maximum atomic E-state index is 12.5. The summed E-state index contributed by atoms with van der Waals surface area (Å²) in [5.41, 5.74) is 0. The van der Waals surface area contributed by atoms with E-state index in [0.29, 0.717) is 11.0 Å². The zero-order chi connectivity index (χ0) is 9.98. The van der Waals surface area contributed by atoms with Crippen LogP contribution in [-0.2, 0) is 0 Å². The van der Waals surface area contributed by atoms with E-state index in [1.54, 1.807) is 0 Å². The first-order valence-electron chi connectivity index (χ1n) is 3.90. The molecule has 0 spiro atoms. The maximum Gasteiger partial charge on any atom is 0.138 e. The minimum absolute atomic E-state index is 0.337. The molecule has 0 aliphatic rings. The fourth-order valence-corrected chi connectivity index (χ4v) is 0.637. The first-order chi connectivity index (χ1) is 5.72. The van der Waals surface area contributed by atoms with Gasteiger partial charge in [-0.1, -0.05) is 20.4 Å². The quantitative estimate of drug-likeness (QED) is 0.521. The van der Waals surface area contributed by atoms with Crippen LogP contribution in [0.1, 0.15) is 20.8 Å². The maximum absolute atomic E-state index is 12.5. The molecule has 0 aromatic heterocycles. The molecule has 0 aromatic carbocycles. The number of halogens is 2. The highest BCUT2D eigenvalue weighted by atomic mass is 79.9. The average Bonchev–Trinajstić information content (AvgIpc) is 2.16. The Kier molecular flexibility index (Phi) is 12.4. The Hall–Kier alpha value is -0.440. The molecule has 0 unspecified atom stereocenters. The second-order valence-electron chi connectivity index (χ2n) is 1.53. The van der Waals surface area contributed by atoms with E-state index in [9.17, 15) is 4.39 Å². The van der Waals surface area contributed by atoms with Gasteiger partial charge in [-0.2, -0.15) is 0 Å². The molecule has 70 valence electrons. The van der Waals surface area contributed by atoms with Crippen LogP contribution < -0.4 is 0 Å². The molecular weight excluding hydrogens is 221 g/mol. The molecule has 0 saturated carbocycles. The summed E-state index contributed by atoms with van der Waals surface area (Å²) < 4.78 is 12.8. The molecule has 0 heterocycles. The van der Waals surface area contributed by atoms with Gasteiger partial charge in [-0.3, -0.25) is 4.99 Å². The van der Waals surface area contributed by atoms with Crippen molar-refractivity contribution in [1.29, 1.82) is 0 Å². The topological polar surface area (TPSA) is 12.4 Å². The van der Waals surface area contributed by atoms with Gasteiger partial charge in [0.05, 0.1) is 4.48 Å². The van der Waals surface area contributed by atoms with Gasteiger partial charge in [0.25, 0.3) is 0 Å². The van der Waals surface area contributed by atoms with Gasteiger partial charge in [0.15, 0.2) is 0 Å². The zero-order valence-corrected chi connectivity index (χ0v) is 9.36. The first-order valence-corrected chi connectivity index (χ1v) is 4.69. The van der Waals surface area contributed by atoms with Gasteiger partial charge in [-0.15, -0.1) is 0 Å². The van der Waals surface area contributed by atoms with E-state index in [0.717, 1.165) is 6.08 Å². The monoisotopic (exact) mass is 235 g/mol. The van der Waals surface area contributed by atoms with Crippen molar-refractivity contribution >= 4 is 22.1 Å². The standard InChI is InChI=1S/C7H9BrFN.C2H6/c1-3-7(9)6(8)5-10-4-2;1-2/h3,5H,1,4H2,2H3;1-2H3/b7-6-,10-5?;. The van der Waals surface area contributed by atoms with Gasteiger partial charge in [-0.25, -0.2) is 4.39 Å². The average molecular weight is 236 g/mol. The second-order valence-corrected chi connectivity index (χ2v) is 2.38. The van der Waals surface area contributed by atoms with Crippen LogP contribution in [0.15, 0.2) is 28.0 Å². The van der Waals surface area contributed by atoms with Crippen molar-refractivity contribution in [2.75, 3.05) is 6.54 Å². The highest BCUT2D eigenvalue weighted by Gasteiger charge is 1.92. The highest BCUT2D eigenvalue weighted by Crippen LogP contribution is 2.11. The van der Waals surface area contributed by atoms with Crippen molar-refractivity contribution < 1.29 is 4.39 Å². The molecule has 0 atom stereocenters. The summed E-state index contributed by atoms with van der Waals surface area (Å²) in [4.78, 5) is 3.82. The molecule has 0 aromatic rings. The number of allylic oxidation sites excluding steroid dienone is 3. The Morgan fingerprint density at radius 2 is 2.08 bits per heavy atom. The fraction of sp³-hybridized carbons (Fsp3) is 0.444. The molecule has 0 fully saturated rings. The van der Waals surface area contributed by atoms with Crippen LogP contribution in [0.4, 0.5) is 4.39 Å². The minimum atomic E-state index is -0.391. The Morgan fingerprint density at radius 3 is 2.42 bits per heavy atom. The van der Waals surface area contributed by atoms with Crippen LogP contribution >= 0.6 is 15.9 Å². The van der Waals surface area contributed by atoms with E-state index < -0.39 is 5.83 Å². The third kappa shape index (κ3) is 7.66. The van der Waals surface area contributed by atoms with Crippen LogP contribution in [0, 0.1) is 0 Å². The molecular formula is C9H15BrFN. The lowest BCUT2D eigenvalue weighted by molar-refractivity contribution is 0.668. The minimum Gasteiger partial charge on any atom is -0.292 e. The molecule has 0 N–H and O–H groups in total. The van der Waals surface area contributed by atoms with Crippen molar-refractivity contribution in [2.45, 2.75) is 20.8 Å². The Labute approximate surface area is 82.2 Å². The van der Waals surface area contributed by atoms with Gasteiger partial charge >= 0.3 is 0 Å². The molecule has 12 heavy (non-hydrogen) atoms. The Balaban J connectivity index is 0. The highest BCUT2D eigenvalue weighted by molar-refractivity contribution is 9.12. The molecule has 0 radical (unpaired) electrons. The SMILES string of the molecule is C=C/C(F)=C(/Br)C=NCC.CC. The summed E-state index contributed by atoms with van der Waals surface area (Å²) >= 11 is 2.99. The van der Waals surface area contributed by atoms with Crippen molar-refractivity contribution in [1.82, 2.24) is 0 Å². The van der Waals surface area contributed by atoms with Gasteiger partial charge in [-0.05, 0) is 28.9 Å². The molecule has 0 amide bonds. The molecule has 0 aliphatic heterocycles. The lowest BCUT2D eigenvalue weighted by Crippen LogP contribution is -1.78. The van der Waals surface area contributed by atoms with Gasteiger partial charge in [0, 0.05) is 12.8 Å².